The van der Waals surface area contributed by atoms with Crippen LogP contribution in [-0.2, 0) is 19.0 Å². The number of aliphatic hydroxyl groups excluding tert-OH is 2. The van der Waals surface area contributed by atoms with Crippen molar-refractivity contribution in [3.63, 3.8) is 0 Å². The highest BCUT2D eigenvalue weighted by molar-refractivity contribution is 5.54. The highest BCUT2D eigenvalue weighted by atomic mass is 16.7. The molecule has 1 aliphatic heterocycles. The first-order valence-corrected chi connectivity index (χ1v) is 8.70. The third-order valence-corrected chi connectivity index (χ3v) is 4.92. The summed E-state index contributed by atoms with van der Waals surface area (Å²) in [6.45, 7) is 6.16. The van der Waals surface area contributed by atoms with Crippen molar-refractivity contribution in [2.24, 2.45) is 17.8 Å². The molecule has 2 fully saturated rings. The van der Waals surface area contributed by atoms with E-state index < -0.39 is 24.6 Å². The van der Waals surface area contributed by atoms with Crippen molar-refractivity contribution in [2.75, 3.05) is 6.61 Å². The van der Waals surface area contributed by atoms with E-state index in [1.807, 2.05) is 13.8 Å². The summed E-state index contributed by atoms with van der Waals surface area (Å²) < 4.78 is 16.7. The Morgan fingerprint density at radius 3 is 2.78 bits per heavy atom. The summed E-state index contributed by atoms with van der Waals surface area (Å²) in [6, 6.07) is 0. The van der Waals surface area contributed by atoms with E-state index in [0.29, 0.717) is 18.9 Å². The van der Waals surface area contributed by atoms with Crippen molar-refractivity contribution in [2.45, 2.75) is 77.3 Å². The molecule has 6 nitrogen and oxygen atoms in total. The summed E-state index contributed by atoms with van der Waals surface area (Å²) in [7, 11) is 0. The minimum absolute atomic E-state index is 0.0321. The molecule has 6 heteroatoms. The van der Waals surface area contributed by atoms with Crippen LogP contribution in [0, 0.1) is 17.8 Å². The molecule has 2 rings (SSSR count). The van der Waals surface area contributed by atoms with Crippen molar-refractivity contribution in [1.82, 2.24) is 0 Å². The van der Waals surface area contributed by atoms with Gasteiger partial charge in [-0.25, -0.2) is 0 Å². The number of hydrogen-bond acceptors (Lipinski definition) is 6. The first kappa shape index (κ1) is 18.8. The van der Waals surface area contributed by atoms with Crippen LogP contribution in [0.25, 0.3) is 0 Å². The lowest BCUT2D eigenvalue weighted by Gasteiger charge is -2.36. The van der Waals surface area contributed by atoms with Gasteiger partial charge in [-0.1, -0.05) is 0 Å². The van der Waals surface area contributed by atoms with E-state index in [2.05, 4.69) is 0 Å². The van der Waals surface area contributed by atoms with Gasteiger partial charge >= 0.3 is 0 Å². The normalized spacial score (nSPS) is 39.7. The smallest absolute Gasteiger partial charge is 0.167 e. The molecule has 0 spiro atoms. The van der Waals surface area contributed by atoms with Crippen molar-refractivity contribution in [3.05, 3.63) is 0 Å². The standard InChI is InChI=1S/C17H30O6/c1-4-21-16(20)14-7-12(14)6-5-10(2)22-17-13(9-18)8-15(19)11(3)23-17/h9-17,19-20H,4-8H2,1-3H3/t10-,11+,12-,13+,14-,15-,16?,17-/m1/s1. The van der Waals surface area contributed by atoms with Crippen LogP contribution in [0.5, 0.6) is 0 Å². The number of rotatable bonds is 9. The van der Waals surface area contributed by atoms with Gasteiger partial charge in [-0.15, -0.1) is 0 Å². The van der Waals surface area contributed by atoms with Gasteiger partial charge in [0.15, 0.2) is 12.6 Å². The highest BCUT2D eigenvalue weighted by Gasteiger charge is 2.43. The minimum Gasteiger partial charge on any atom is -0.390 e. The van der Waals surface area contributed by atoms with Crippen LogP contribution in [-0.4, -0.2) is 54.0 Å². The van der Waals surface area contributed by atoms with Crippen molar-refractivity contribution >= 4 is 6.29 Å². The lowest BCUT2D eigenvalue weighted by atomic mass is 9.96. The van der Waals surface area contributed by atoms with Crippen LogP contribution in [0.15, 0.2) is 0 Å². The van der Waals surface area contributed by atoms with Gasteiger partial charge in [-0.2, -0.15) is 0 Å². The molecule has 0 aromatic carbocycles. The third-order valence-electron chi connectivity index (χ3n) is 4.92. The van der Waals surface area contributed by atoms with Gasteiger partial charge in [-0.3, -0.25) is 0 Å². The zero-order valence-corrected chi connectivity index (χ0v) is 14.3. The average molecular weight is 330 g/mol. The second kappa shape index (κ2) is 8.53. The maximum atomic E-state index is 11.1. The van der Waals surface area contributed by atoms with E-state index in [4.69, 9.17) is 14.2 Å². The van der Waals surface area contributed by atoms with Gasteiger partial charge in [0, 0.05) is 12.5 Å². The molecule has 0 aromatic rings. The zero-order chi connectivity index (χ0) is 17.0. The maximum absolute atomic E-state index is 11.1. The SMILES string of the molecule is CCOC(O)[C@@H]1C[C@H]1CC[C@@H](C)O[C@@H]1O[C@@H](C)[C@H](O)C[C@H]1C=O. The number of aldehydes is 1. The quantitative estimate of drug-likeness (QED) is 0.492. The maximum Gasteiger partial charge on any atom is 0.167 e. The van der Waals surface area contributed by atoms with E-state index in [1.165, 1.54) is 0 Å². The van der Waals surface area contributed by atoms with Gasteiger partial charge in [0.2, 0.25) is 0 Å². The lowest BCUT2D eigenvalue weighted by molar-refractivity contribution is -0.251. The first-order valence-electron chi connectivity index (χ1n) is 8.70. The fraction of sp³-hybridized carbons (Fsp3) is 0.941. The van der Waals surface area contributed by atoms with Crippen LogP contribution >= 0.6 is 0 Å². The third kappa shape index (κ3) is 5.22. The molecular weight excluding hydrogens is 300 g/mol. The Labute approximate surface area is 138 Å². The number of ether oxygens (including phenoxy) is 3. The Balaban J connectivity index is 1.70. The summed E-state index contributed by atoms with van der Waals surface area (Å²) in [6.07, 6.45) is 1.80. The van der Waals surface area contributed by atoms with E-state index >= 15 is 0 Å². The largest absolute Gasteiger partial charge is 0.390 e. The zero-order valence-electron chi connectivity index (χ0n) is 14.3. The predicted octanol–water partition coefficient (Wildman–Crippen LogP) is 1.47. The summed E-state index contributed by atoms with van der Waals surface area (Å²) in [5.74, 6) is 0.306. The number of aliphatic hydroxyl groups is 2. The van der Waals surface area contributed by atoms with Crippen LogP contribution in [0.3, 0.4) is 0 Å². The van der Waals surface area contributed by atoms with Gasteiger partial charge in [0.25, 0.3) is 0 Å². The Morgan fingerprint density at radius 2 is 2.13 bits per heavy atom. The average Bonchev–Trinajstić information content (AvgIpc) is 3.28. The van der Waals surface area contributed by atoms with Crippen LogP contribution < -0.4 is 0 Å². The summed E-state index contributed by atoms with van der Waals surface area (Å²) in [4.78, 5) is 11.1. The monoisotopic (exact) mass is 330 g/mol. The molecule has 2 N–H and O–H groups in total. The minimum atomic E-state index is -0.648. The Morgan fingerprint density at radius 1 is 1.39 bits per heavy atom. The van der Waals surface area contributed by atoms with E-state index in [1.54, 1.807) is 6.92 Å². The Bertz CT molecular complexity index is 376. The second-order valence-corrected chi connectivity index (χ2v) is 6.84. The topological polar surface area (TPSA) is 85.2 Å². The second-order valence-electron chi connectivity index (χ2n) is 6.84. The molecule has 1 saturated carbocycles. The van der Waals surface area contributed by atoms with Crippen molar-refractivity contribution in [1.29, 1.82) is 0 Å². The highest BCUT2D eigenvalue weighted by Crippen LogP contribution is 2.45. The van der Waals surface area contributed by atoms with Crippen molar-refractivity contribution in [3.8, 4) is 0 Å². The molecule has 0 radical (unpaired) electrons. The lowest BCUT2D eigenvalue weighted by Crippen LogP contribution is -2.45. The van der Waals surface area contributed by atoms with Crippen LogP contribution in [0.4, 0.5) is 0 Å². The molecule has 2 aliphatic rings. The first-order chi connectivity index (χ1) is 11.0. The molecule has 1 unspecified atom stereocenters. The molecule has 134 valence electrons. The van der Waals surface area contributed by atoms with Crippen molar-refractivity contribution < 1.29 is 29.2 Å². The van der Waals surface area contributed by atoms with Gasteiger partial charge in [-0.05, 0) is 52.4 Å². The fourth-order valence-electron chi connectivity index (χ4n) is 3.23. The van der Waals surface area contributed by atoms with Gasteiger partial charge < -0.3 is 29.2 Å². The fourth-order valence-corrected chi connectivity index (χ4v) is 3.23. The summed E-state index contributed by atoms with van der Waals surface area (Å²) in [5, 5.41) is 19.5. The number of hydrogen-bond donors (Lipinski definition) is 2. The van der Waals surface area contributed by atoms with Crippen LogP contribution in [0.1, 0.15) is 46.5 Å². The van der Waals surface area contributed by atoms with E-state index in [9.17, 15) is 15.0 Å². The summed E-state index contributed by atoms with van der Waals surface area (Å²) in [5.41, 5.74) is 0. The van der Waals surface area contributed by atoms with E-state index in [-0.39, 0.29) is 18.1 Å². The molecule has 1 saturated heterocycles. The molecule has 0 amide bonds. The molecule has 23 heavy (non-hydrogen) atoms. The number of carbonyl (C=O) groups excluding carboxylic acids is 1. The van der Waals surface area contributed by atoms with Gasteiger partial charge in [0.05, 0.1) is 24.2 Å². The number of carbonyl (C=O) groups is 1. The Kier molecular flexibility index (Phi) is 6.98. The predicted molar refractivity (Wildman–Crippen MR) is 83.5 cm³/mol. The molecule has 1 heterocycles. The molecule has 0 aromatic heterocycles. The molecule has 8 atom stereocenters. The molecule has 1 aliphatic carbocycles. The molecular formula is C17H30O6. The van der Waals surface area contributed by atoms with Crippen LogP contribution in [0.2, 0.25) is 0 Å². The van der Waals surface area contributed by atoms with E-state index in [0.717, 1.165) is 25.5 Å². The molecule has 0 bridgehead atoms. The summed E-state index contributed by atoms with van der Waals surface area (Å²) >= 11 is 0. The Hall–Kier alpha value is -0.530. The van der Waals surface area contributed by atoms with Gasteiger partial charge in [0.1, 0.15) is 6.29 Å².